The Bertz CT molecular complexity index is 752. The fraction of sp³-hybridized carbons (Fsp3) is 0.167. The third-order valence-electron chi connectivity index (χ3n) is 2.65. The van der Waals surface area contributed by atoms with Crippen LogP contribution in [0.3, 0.4) is 0 Å². The maximum absolute atomic E-state index is 11.9. The SMILES string of the molecule is O=C(Nc1nc(-c2cc([N+](=O)[O-])cs2)cs1)C1=COCCO1. The molecule has 0 aromatic carbocycles. The average molecular weight is 339 g/mol. The van der Waals surface area contributed by atoms with Crippen molar-refractivity contribution in [2.24, 2.45) is 0 Å². The summed E-state index contributed by atoms with van der Waals surface area (Å²) in [6.45, 7) is 0.733. The minimum absolute atomic E-state index is 0.0245. The predicted molar refractivity (Wildman–Crippen MR) is 80.7 cm³/mol. The molecule has 3 heterocycles. The van der Waals surface area contributed by atoms with Crippen LogP contribution in [0.25, 0.3) is 10.6 Å². The van der Waals surface area contributed by atoms with Crippen LogP contribution in [0.1, 0.15) is 0 Å². The molecule has 0 spiro atoms. The second-order valence-electron chi connectivity index (χ2n) is 4.12. The summed E-state index contributed by atoms with van der Waals surface area (Å²) in [5.74, 6) is -0.354. The molecule has 2 aromatic rings. The molecule has 22 heavy (non-hydrogen) atoms. The van der Waals surface area contributed by atoms with Crippen LogP contribution in [0.2, 0.25) is 0 Å². The molecule has 114 valence electrons. The van der Waals surface area contributed by atoms with Crippen LogP contribution in [-0.2, 0) is 14.3 Å². The van der Waals surface area contributed by atoms with Gasteiger partial charge in [-0.2, -0.15) is 0 Å². The summed E-state index contributed by atoms with van der Waals surface area (Å²) in [5.41, 5.74) is 0.602. The Kier molecular flexibility index (Phi) is 4.02. The van der Waals surface area contributed by atoms with E-state index in [9.17, 15) is 14.9 Å². The number of aromatic nitrogens is 1. The number of nitro groups is 1. The summed E-state index contributed by atoms with van der Waals surface area (Å²) in [6, 6.07) is 1.45. The van der Waals surface area contributed by atoms with Crippen molar-refractivity contribution in [3.63, 3.8) is 0 Å². The molecule has 8 nitrogen and oxygen atoms in total. The fourth-order valence-electron chi connectivity index (χ4n) is 1.65. The second kappa shape index (κ2) is 6.12. The van der Waals surface area contributed by atoms with Crippen LogP contribution in [0.4, 0.5) is 10.8 Å². The first-order valence-corrected chi connectivity index (χ1v) is 7.84. The Morgan fingerprint density at radius 2 is 2.23 bits per heavy atom. The van der Waals surface area contributed by atoms with Crippen molar-refractivity contribution in [2.45, 2.75) is 0 Å². The zero-order valence-electron chi connectivity index (χ0n) is 11.0. The maximum atomic E-state index is 11.9. The average Bonchev–Trinajstić information content (AvgIpc) is 3.16. The largest absolute Gasteiger partial charge is 0.494 e. The molecule has 10 heteroatoms. The standard InChI is InChI=1S/C12H9N3O5S2/c16-11(9-4-19-1-2-20-9)14-12-13-8(6-22-12)10-3-7(5-21-10)15(17)18/h3-6H,1-2H2,(H,13,14,16). The topological polar surface area (TPSA) is 104 Å². The number of ether oxygens (including phenoxy) is 2. The molecule has 0 unspecified atom stereocenters. The Labute approximate surface area is 132 Å². The lowest BCUT2D eigenvalue weighted by Crippen LogP contribution is -2.21. The van der Waals surface area contributed by atoms with Crippen molar-refractivity contribution in [3.05, 3.63) is 39.0 Å². The molecule has 3 rings (SSSR count). The molecule has 1 aliphatic rings. The van der Waals surface area contributed by atoms with Gasteiger partial charge in [0.15, 0.2) is 5.13 Å². The molecule has 0 fully saturated rings. The molecule has 0 saturated carbocycles. The van der Waals surface area contributed by atoms with Crippen LogP contribution in [0.15, 0.2) is 28.8 Å². The van der Waals surface area contributed by atoms with Crippen molar-refractivity contribution in [1.29, 1.82) is 0 Å². The van der Waals surface area contributed by atoms with Crippen LogP contribution in [0.5, 0.6) is 0 Å². The van der Waals surface area contributed by atoms with E-state index in [1.165, 1.54) is 40.4 Å². The van der Waals surface area contributed by atoms with E-state index < -0.39 is 10.8 Å². The number of hydrogen-bond acceptors (Lipinski definition) is 8. The van der Waals surface area contributed by atoms with Crippen molar-refractivity contribution in [3.8, 4) is 10.6 Å². The van der Waals surface area contributed by atoms with E-state index in [1.54, 1.807) is 5.38 Å². The highest BCUT2D eigenvalue weighted by atomic mass is 32.1. The number of nitrogens with zero attached hydrogens (tertiary/aromatic N) is 2. The molecule has 0 saturated heterocycles. The lowest BCUT2D eigenvalue weighted by molar-refractivity contribution is -0.384. The van der Waals surface area contributed by atoms with Gasteiger partial charge in [-0.1, -0.05) is 0 Å². The first-order valence-electron chi connectivity index (χ1n) is 6.08. The normalized spacial score (nSPS) is 13.7. The third-order valence-corrected chi connectivity index (χ3v) is 4.34. The van der Waals surface area contributed by atoms with E-state index in [0.717, 1.165) is 0 Å². The molecule has 2 aromatic heterocycles. The predicted octanol–water partition coefficient (Wildman–Crippen LogP) is 2.61. The number of anilines is 1. The number of carbonyl (C=O) groups excluding carboxylic acids is 1. The van der Waals surface area contributed by atoms with Gasteiger partial charge in [0.2, 0.25) is 5.76 Å². The van der Waals surface area contributed by atoms with Gasteiger partial charge < -0.3 is 9.47 Å². The second-order valence-corrected chi connectivity index (χ2v) is 5.89. The van der Waals surface area contributed by atoms with Gasteiger partial charge in [-0.3, -0.25) is 20.2 Å². The number of carbonyl (C=O) groups is 1. The Morgan fingerprint density at radius 1 is 1.36 bits per heavy atom. The highest BCUT2D eigenvalue weighted by Gasteiger charge is 2.18. The van der Waals surface area contributed by atoms with E-state index >= 15 is 0 Å². The van der Waals surface area contributed by atoms with Gasteiger partial charge in [-0.05, 0) is 0 Å². The first kappa shape index (κ1) is 14.5. The lowest BCUT2D eigenvalue weighted by atomic mass is 10.4. The molecule has 0 atom stereocenters. The van der Waals surface area contributed by atoms with Crippen LogP contribution in [-0.4, -0.2) is 29.0 Å². The quantitative estimate of drug-likeness (QED) is 0.678. The Balaban J connectivity index is 1.71. The van der Waals surface area contributed by atoms with E-state index in [4.69, 9.17) is 9.47 Å². The van der Waals surface area contributed by atoms with E-state index in [0.29, 0.717) is 28.9 Å². The summed E-state index contributed by atoms with van der Waals surface area (Å²) in [5, 5.41) is 16.8. The van der Waals surface area contributed by atoms with Crippen molar-refractivity contribution in [1.82, 2.24) is 4.98 Å². The fourth-order valence-corrected chi connectivity index (χ4v) is 3.24. The highest BCUT2D eigenvalue weighted by molar-refractivity contribution is 7.16. The Morgan fingerprint density at radius 3 is 2.91 bits per heavy atom. The van der Waals surface area contributed by atoms with Gasteiger partial charge >= 0.3 is 0 Å². The zero-order valence-corrected chi connectivity index (χ0v) is 12.6. The molecule has 1 aliphatic heterocycles. The summed E-state index contributed by atoms with van der Waals surface area (Å²) < 4.78 is 10.2. The lowest BCUT2D eigenvalue weighted by Gasteiger charge is -2.14. The van der Waals surface area contributed by atoms with Crippen molar-refractivity contribution >= 4 is 39.4 Å². The van der Waals surface area contributed by atoms with Crippen LogP contribution < -0.4 is 5.32 Å². The molecule has 0 bridgehead atoms. The Hall–Kier alpha value is -2.46. The molecule has 1 N–H and O–H groups in total. The van der Waals surface area contributed by atoms with Crippen molar-refractivity contribution < 1.29 is 19.2 Å². The molecular weight excluding hydrogens is 330 g/mol. The first-order chi connectivity index (χ1) is 10.6. The number of thiophene rings is 1. The van der Waals surface area contributed by atoms with Gasteiger partial charge in [0.05, 0.1) is 20.9 Å². The number of nitrogens with one attached hydrogen (secondary N) is 1. The molecular formula is C12H9N3O5S2. The number of rotatable bonds is 4. The van der Waals surface area contributed by atoms with Gasteiger partial charge in [0.25, 0.3) is 11.6 Å². The summed E-state index contributed by atoms with van der Waals surface area (Å²) in [6.07, 6.45) is 1.26. The summed E-state index contributed by atoms with van der Waals surface area (Å²) >= 11 is 2.45. The van der Waals surface area contributed by atoms with Crippen LogP contribution in [0, 0.1) is 10.1 Å². The molecule has 0 aliphatic carbocycles. The highest BCUT2D eigenvalue weighted by Crippen LogP contribution is 2.32. The molecule has 1 amide bonds. The van der Waals surface area contributed by atoms with Gasteiger partial charge in [0, 0.05) is 11.4 Å². The van der Waals surface area contributed by atoms with Gasteiger partial charge in [-0.25, -0.2) is 4.98 Å². The molecule has 0 radical (unpaired) electrons. The summed E-state index contributed by atoms with van der Waals surface area (Å²) in [7, 11) is 0. The van der Waals surface area contributed by atoms with Gasteiger partial charge in [0.1, 0.15) is 19.5 Å². The number of thiazole rings is 1. The number of hydrogen-bond donors (Lipinski definition) is 1. The van der Waals surface area contributed by atoms with Crippen LogP contribution >= 0.6 is 22.7 Å². The monoisotopic (exact) mass is 339 g/mol. The maximum Gasteiger partial charge on any atom is 0.295 e. The third kappa shape index (κ3) is 3.07. The van der Waals surface area contributed by atoms with E-state index in [2.05, 4.69) is 10.3 Å². The van der Waals surface area contributed by atoms with E-state index in [-0.39, 0.29) is 11.4 Å². The van der Waals surface area contributed by atoms with Crippen molar-refractivity contribution in [2.75, 3.05) is 18.5 Å². The number of amides is 1. The smallest absolute Gasteiger partial charge is 0.295 e. The summed E-state index contributed by atoms with van der Waals surface area (Å²) in [4.78, 5) is 27.0. The zero-order chi connectivity index (χ0) is 15.5. The minimum Gasteiger partial charge on any atom is -0.494 e. The van der Waals surface area contributed by atoms with E-state index in [1.807, 2.05) is 0 Å². The minimum atomic E-state index is -0.456. The van der Waals surface area contributed by atoms with Gasteiger partial charge in [-0.15, -0.1) is 22.7 Å².